The van der Waals surface area contributed by atoms with E-state index in [1.807, 2.05) is 23.2 Å². The zero-order valence-corrected chi connectivity index (χ0v) is 17.3. The standard InChI is InChI=1S/C21H31N5O2/c1-5-18(25(6-2)7-3)21(27)26-14-16(28-4)11-19(26)20-23-13-17(24-20)15-9-8-10-22-12-15/h8-10,12-13,16,18-19H,5-7,11,14H2,1-4H3,(H,23,24). The first-order valence-corrected chi connectivity index (χ1v) is 10.1. The number of nitrogens with one attached hydrogen (secondary N) is 1. The van der Waals surface area contributed by atoms with Gasteiger partial charge in [-0.3, -0.25) is 14.7 Å². The lowest BCUT2D eigenvalue weighted by Crippen LogP contribution is -2.48. The van der Waals surface area contributed by atoms with E-state index >= 15 is 0 Å². The van der Waals surface area contributed by atoms with Crippen LogP contribution in [0.15, 0.2) is 30.7 Å². The van der Waals surface area contributed by atoms with E-state index in [4.69, 9.17) is 4.74 Å². The Kier molecular flexibility index (Phi) is 6.80. The first kappa shape index (κ1) is 20.5. The van der Waals surface area contributed by atoms with Crippen molar-refractivity contribution >= 4 is 5.91 Å². The van der Waals surface area contributed by atoms with Gasteiger partial charge in [0.05, 0.1) is 30.1 Å². The first-order chi connectivity index (χ1) is 13.6. The van der Waals surface area contributed by atoms with Gasteiger partial charge in [0.1, 0.15) is 5.82 Å². The van der Waals surface area contributed by atoms with Gasteiger partial charge in [-0.15, -0.1) is 0 Å². The Morgan fingerprint density at radius 1 is 1.36 bits per heavy atom. The summed E-state index contributed by atoms with van der Waals surface area (Å²) in [6.07, 6.45) is 6.93. The molecule has 0 radical (unpaired) electrons. The highest BCUT2D eigenvalue weighted by Gasteiger charge is 2.40. The number of likely N-dealkylation sites (tertiary alicyclic amines) is 1. The zero-order valence-electron chi connectivity index (χ0n) is 17.3. The number of carbonyl (C=O) groups excluding carboxylic acids is 1. The molecule has 1 N–H and O–H groups in total. The minimum Gasteiger partial charge on any atom is -0.380 e. The van der Waals surface area contributed by atoms with Crippen LogP contribution in [0, 0.1) is 0 Å². The number of ether oxygens (including phenoxy) is 1. The van der Waals surface area contributed by atoms with Gasteiger partial charge in [0.25, 0.3) is 0 Å². The van der Waals surface area contributed by atoms with Gasteiger partial charge in [-0.25, -0.2) is 4.98 Å². The van der Waals surface area contributed by atoms with Crippen molar-refractivity contribution in [2.24, 2.45) is 0 Å². The molecule has 0 spiro atoms. The Hall–Kier alpha value is -2.25. The maximum absolute atomic E-state index is 13.4. The molecule has 0 aromatic carbocycles. The SMILES string of the molecule is CCC(C(=O)N1CC(OC)CC1c1ncc(-c2cccnc2)[nH]1)N(CC)CC. The van der Waals surface area contributed by atoms with E-state index in [0.717, 1.165) is 43.0 Å². The Morgan fingerprint density at radius 2 is 2.14 bits per heavy atom. The van der Waals surface area contributed by atoms with Crippen molar-refractivity contribution in [1.29, 1.82) is 0 Å². The van der Waals surface area contributed by atoms with Crippen molar-refractivity contribution in [3.8, 4) is 11.3 Å². The lowest BCUT2D eigenvalue weighted by Gasteiger charge is -2.33. The van der Waals surface area contributed by atoms with Gasteiger partial charge in [-0.05, 0) is 31.6 Å². The Morgan fingerprint density at radius 3 is 2.75 bits per heavy atom. The first-order valence-electron chi connectivity index (χ1n) is 10.1. The number of methoxy groups -OCH3 is 1. The lowest BCUT2D eigenvalue weighted by molar-refractivity contribution is -0.138. The quantitative estimate of drug-likeness (QED) is 0.756. The number of carbonyl (C=O) groups is 1. The number of hydrogen-bond acceptors (Lipinski definition) is 5. The van der Waals surface area contributed by atoms with Crippen LogP contribution in [0.2, 0.25) is 0 Å². The lowest BCUT2D eigenvalue weighted by atomic mass is 10.1. The van der Waals surface area contributed by atoms with E-state index in [2.05, 4.69) is 40.6 Å². The molecule has 2 aromatic heterocycles. The number of H-pyrrole nitrogens is 1. The van der Waals surface area contributed by atoms with E-state index in [1.54, 1.807) is 19.5 Å². The van der Waals surface area contributed by atoms with Gasteiger partial charge < -0.3 is 14.6 Å². The van der Waals surface area contributed by atoms with Crippen LogP contribution in [-0.2, 0) is 9.53 Å². The highest BCUT2D eigenvalue weighted by Crippen LogP contribution is 2.34. The van der Waals surface area contributed by atoms with Crippen LogP contribution in [0.3, 0.4) is 0 Å². The molecule has 3 rings (SSSR count). The number of likely N-dealkylation sites (N-methyl/N-ethyl adjacent to an activating group) is 1. The topological polar surface area (TPSA) is 74.4 Å². The fourth-order valence-electron chi connectivity index (χ4n) is 4.09. The van der Waals surface area contributed by atoms with Crippen LogP contribution in [0.1, 0.15) is 45.5 Å². The molecule has 1 amide bonds. The number of rotatable bonds is 8. The monoisotopic (exact) mass is 385 g/mol. The van der Waals surface area contributed by atoms with Crippen LogP contribution in [0.5, 0.6) is 0 Å². The van der Waals surface area contributed by atoms with Gasteiger partial charge in [0, 0.05) is 38.0 Å². The van der Waals surface area contributed by atoms with Crippen LogP contribution in [0.25, 0.3) is 11.3 Å². The van der Waals surface area contributed by atoms with Crippen molar-refractivity contribution < 1.29 is 9.53 Å². The maximum atomic E-state index is 13.4. The maximum Gasteiger partial charge on any atom is 0.240 e. The number of imidazole rings is 1. The van der Waals surface area contributed by atoms with Crippen molar-refractivity contribution in [3.05, 3.63) is 36.5 Å². The minimum atomic E-state index is -0.110. The summed E-state index contributed by atoms with van der Waals surface area (Å²) in [6.45, 7) is 8.60. The van der Waals surface area contributed by atoms with E-state index in [-0.39, 0.29) is 24.1 Å². The molecule has 2 aromatic rings. The van der Waals surface area contributed by atoms with Gasteiger partial charge in [0.2, 0.25) is 5.91 Å². The molecule has 7 heteroatoms. The normalized spacial score (nSPS) is 20.7. The largest absolute Gasteiger partial charge is 0.380 e. The summed E-state index contributed by atoms with van der Waals surface area (Å²) in [6, 6.07) is 3.68. The van der Waals surface area contributed by atoms with E-state index in [1.165, 1.54) is 0 Å². The highest BCUT2D eigenvalue weighted by molar-refractivity contribution is 5.82. The Bertz CT molecular complexity index is 759. The Balaban J connectivity index is 1.86. The van der Waals surface area contributed by atoms with Crippen LogP contribution in [0.4, 0.5) is 0 Å². The van der Waals surface area contributed by atoms with Crippen molar-refractivity contribution in [2.45, 2.75) is 51.8 Å². The number of hydrogen-bond donors (Lipinski definition) is 1. The van der Waals surface area contributed by atoms with Crippen LogP contribution in [-0.4, -0.2) is 69.5 Å². The summed E-state index contributed by atoms with van der Waals surface area (Å²) in [5, 5.41) is 0. The van der Waals surface area contributed by atoms with Gasteiger partial charge >= 0.3 is 0 Å². The number of aromatic amines is 1. The summed E-state index contributed by atoms with van der Waals surface area (Å²) in [5.41, 5.74) is 1.89. The van der Waals surface area contributed by atoms with Gasteiger partial charge in [-0.1, -0.05) is 20.8 Å². The van der Waals surface area contributed by atoms with Gasteiger partial charge in [0.15, 0.2) is 0 Å². The molecule has 28 heavy (non-hydrogen) atoms. The molecule has 1 aliphatic heterocycles. The van der Waals surface area contributed by atoms with Crippen molar-refractivity contribution in [2.75, 3.05) is 26.7 Å². The second-order valence-electron chi connectivity index (χ2n) is 7.17. The molecule has 152 valence electrons. The van der Waals surface area contributed by atoms with E-state index < -0.39 is 0 Å². The second kappa shape index (κ2) is 9.30. The fraction of sp³-hybridized carbons (Fsp3) is 0.571. The summed E-state index contributed by atoms with van der Waals surface area (Å²) >= 11 is 0. The number of amides is 1. The summed E-state index contributed by atoms with van der Waals surface area (Å²) in [7, 11) is 1.71. The predicted molar refractivity (Wildman–Crippen MR) is 109 cm³/mol. The molecule has 1 fully saturated rings. The van der Waals surface area contributed by atoms with Crippen molar-refractivity contribution in [3.63, 3.8) is 0 Å². The Labute approximate surface area is 167 Å². The molecule has 3 atom stereocenters. The summed E-state index contributed by atoms with van der Waals surface area (Å²) < 4.78 is 5.60. The van der Waals surface area contributed by atoms with E-state index in [0.29, 0.717) is 6.54 Å². The summed E-state index contributed by atoms with van der Waals surface area (Å²) in [4.78, 5) is 29.8. The number of pyridine rings is 1. The molecule has 1 aliphatic rings. The van der Waals surface area contributed by atoms with E-state index in [9.17, 15) is 4.79 Å². The molecule has 3 unspecified atom stereocenters. The minimum absolute atomic E-state index is 0.0232. The highest BCUT2D eigenvalue weighted by atomic mass is 16.5. The van der Waals surface area contributed by atoms with Crippen LogP contribution >= 0.6 is 0 Å². The number of nitrogens with zero attached hydrogens (tertiary/aromatic N) is 4. The molecular formula is C21H31N5O2. The molecule has 7 nitrogen and oxygen atoms in total. The van der Waals surface area contributed by atoms with Crippen molar-refractivity contribution in [1.82, 2.24) is 24.8 Å². The predicted octanol–water partition coefficient (Wildman–Crippen LogP) is 2.88. The molecule has 0 saturated carbocycles. The average molecular weight is 386 g/mol. The average Bonchev–Trinajstić information content (AvgIpc) is 3.39. The third-order valence-electron chi connectivity index (χ3n) is 5.69. The molecule has 0 bridgehead atoms. The fourth-order valence-corrected chi connectivity index (χ4v) is 4.09. The van der Waals surface area contributed by atoms with Crippen LogP contribution < -0.4 is 0 Å². The molecule has 3 heterocycles. The second-order valence-corrected chi connectivity index (χ2v) is 7.17. The summed E-state index contributed by atoms with van der Waals surface area (Å²) in [5.74, 6) is 0.969. The third kappa shape index (κ3) is 4.10. The third-order valence-corrected chi connectivity index (χ3v) is 5.69. The zero-order chi connectivity index (χ0) is 20.1. The molecular weight excluding hydrogens is 354 g/mol. The molecule has 0 aliphatic carbocycles. The number of aromatic nitrogens is 3. The molecule has 1 saturated heterocycles. The van der Waals surface area contributed by atoms with Gasteiger partial charge in [-0.2, -0.15) is 0 Å². The smallest absolute Gasteiger partial charge is 0.240 e.